The molecule has 2 aliphatic carbocycles. The van der Waals surface area contributed by atoms with Gasteiger partial charge >= 0.3 is 0 Å². The van der Waals surface area contributed by atoms with E-state index < -0.39 is 0 Å². The van der Waals surface area contributed by atoms with Gasteiger partial charge in [-0.2, -0.15) is 0 Å². The Hall–Kier alpha value is -0.340. The Kier molecular flexibility index (Phi) is 4.83. The van der Waals surface area contributed by atoms with E-state index in [0.29, 0.717) is 12.2 Å². The predicted octanol–water partition coefficient (Wildman–Crippen LogP) is 4.83. The van der Waals surface area contributed by atoms with E-state index in [0.717, 1.165) is 17.4 Å². The van der Waals surface area contributed by atoms with E-state index in [1.807, 2.05) is 6.92 Å². The van der Waals surface area contributed by atoms with Gasteiger partial charge in [0.1, 0.15) is 0 Å². The van der Waals surface area contributed by atoms with Crippen LogP contribution < -0.4 is 0 Å². The van der Waals surface area contributed by atoms with Crippen molar-refractivity contribution in [1.82, 2.24) is 0 Å². The third kappa shape index (κ3) is 3.12. The third-order valence-electron chi connectivity index (χ3n) is 5.52. The van der Waals surface area contributed by atoms with Crippen LogP contribution in [0.15, 0.2) is 12.2 Å². The van der Waals surface area contributed by atoms with Crippen molar-refractivity contribution in [2.24, 2.45) is 11.8 Å². The van der Waals surface area contributed by atoms with Crippen LogP contribution in [0.25, 0.3) is 0 Å². The molecule has 0 aromatic heterocycles. The minimum atomic E-state index is -0.145. The molecule has 2 saturated carbocycles. The highest BCUT2D eigenvalue weighted by atomic mass is 16.7. The molecule has 0 N–H and O–H groups in total. The van der Waals surface area contributed by atoms with E-state index in [1.54, 1.807) is 0 Å². The maximum atomic E-state index is 6.31. The fourth-order valence-electron chi connectivity index (χ4n) is 4.39. The van der Waals surface area contributed by atoms with Crippen LogP contribution in [0.2, 0.25) is 0 Å². The van der Waals surface area contributed by atoms with Crippen molar-refractivity contribution in [3.8, 4) is 0 Å². The minimum Gasteiger partial charge on any atom is -0.342 e. The molecule has 2 heteroatoms. The Morgan fingerprint density at radius 3 is 1.50 bits per heavy atom. The van der Waals surface area contributed by atoms with Gasteiger partial charge in [0.15, 0.2) is 6.29 Å². The molecule has 0 spiro atoms. The monoisotopic (exact) mass is 278 g/mol. The molecule has 1 saturated heterocycles. The maximum absolute atomic E-state index is 6.31. The standard InChI is InChI=1S/C18H30O2/c1-13(2)18-19-16(14-9-5-3-6-10-14)17(20-18)15-11-7-4-8-12-15/h14-18H,1,3-12H2,2H3/t16-,17-/m1/s1. The average molecular weight is 278 g/mol. The van der Waals surface area contributed by atoms with E-state index in [1.165, 1.54) is 64.2 Å². The second-order valence-corrected chi connectivity index (χ2v) is 7.18. The summed E-state index contributed by atoms with van der Waals surface area (Å²) in [5.74, 6) is 1.44. The molecule has 3 aliphatic rings. The van der Waals surface area contributed by atoms with Gasteiger partial charge in [-0.25, -0.2) is 0 Å². The SMILES string of the molecule is C=C(C)C1O[C@H](C2CCCCC2)[C@@H](C2CCCCC2)O1. The first-order chi connectivity index (χ1) is 9.75. The van der Waals surface area contributed by atoms with Crippen LogP contribution >= 0.6 is 0 Å². The van der Waals surface area contributed by atoms with Crippen LogP contribution in [0.4, 0.5) is 0 Å². The molecule has 3 fully saturated rings. The van der Waals surface area contributed by atoms with Gasteiger partial charge in [-0.15, -0.1) is 0 Å². The minimum absolute atomic E-state index is 0.145. The van der Waals surface area contributed by atoms with Gasteiger partial charge in [0.05, 0.1) is 12.2 Å². The summed E-state index contributed by atoms with van der Waals surface area (Å²) in [4.78, 5) is 0. The lowest BCUT2D eigenvalue weighted by molar-refractivity contribution is -0.0511. The smallest absolute Gasteiger partial charge is 0.180 e. The zero-order chi connectivity index (χ0) is 13.9. The Morgan fingerprint density at radius 1 is 0.750 bits per heavy atom. The zero-order valence-corrected chi connectivity index (χ0v) is 13.0. The molecule has 2 atom stereocenters. The summed E-state index contributed by atoms with van der Waals surface area (Å²) in [5, 5.41) is 0. The molecule has 114 valence electrons. The Morgan fingerprint density at radius 2 is 1.15 bits per heavy atom. The van der Waals surface area contributed by atoms with Gasteiger partial charge in [0.2, 0.25) is 0 Å². The summed E-state index contributed by atoms with van der Waals surface area (Å²) >= 11 is 0. The van der Waals surface area contributed by atoms with E-state index in [-0.39, 0.29) is 6.29 Å². The van der Waals surface area contributed by atoms with Crippen molar-refractivity contribution in [3.05, 3.63) is 12.2 Å². The Bertz CT molecular complexity index is 300. The largest absolute Gasteiger partial charge is 0.342 e. The molecule has 2 nitrogen and oxygen atoms in total. The van der Waals surface area contributed by atoms with Gasteiger partial charge in [-0.05, 0) is 50.0 Å². The molecule has 1 aliphatic heterocycles. The summed E-state index contributed by atoms with van der Waals surface area (Å²) in [6.07, 6.45) is 14.2. The van der Waals surface area contributed by atoms with Crippen molar-refractivity contribution < 1.29 is 9.47 Å². The molecule has 1 heterocycles. The first-order valence-electron chi connectivity index (χ1n) is 8.72. The van der Waals surface area contributed by atoms with Gasteiger partial charge < -0.3 is 9.47 Å². The summed E-state index contributed by atoms with van der Waals surface area (Å²) in [6, 6.07) is 0. The van der Waals surface area contributed by atoms with Gasteiger partial charge in [-0.3, -0.25) is 0 Å². The average Bonchev–Trinajstić information content (AvgIpc) is 2.94. The van der Waals surface area contributed by atoms with E-state index in [9.17, 15) is 0 Å². The summed E-state index contributed by atoms with van der Waals surface area (Å²) < 4.78 is 12.6. The number of hydrogen-bond donors (Lipinski definition) is 0. The molecular formula is C18H30O2. The van der Waals surface area contributed by atoms with Gasteiger partial charge in [0, 0.05) is 0 Å². The molecule has 0 unspecified atom stereocenters. The Balaban J connectivity index is 1.70. The summed E-state index contributed by atoms with van der Waals surface area (Å²) in [5.41, 5.74) is 1.03. The van der Waals surface area contributed by atoms with Crippen molar-refractivity contribution >= 4 is 0 Å². The third-order valence-corrected chi connectivity index (χ3v) is 5.52. The molecular weight excluding hydrogens is 248 g/mol. The zero-order valence-electron chi connectivity index (χ0n) is 13.0. The first kappa shape index (κ1) is 14.6. The van der Waals surface area contributed by atoms with E-state index >= 15 is 0 Å². The highest BCUT2D eigenvalue weighted by molar-refractivity contribution is 5.00. The molecule has 0 amide bonds. The number of hydrogen-bond acceptors (Lipinski definition) is 2. The second kappa shape index (κ2) is 6.62. The summed E-state index contributed by atoms with van der Waals surface area (Å²) in [6.45, 7) is 6.08. The number of rotatable bonds is 3. The van der Waals surface area contributed by atoms with Gasteiger partial charge in [0.25, 0.3) is 0 Å². The molecule has 3 rings (SSSR count). The highest BCUT2D eigenvalue weighted by Crippen LogP contribution is 2.41. The van der Waals surface area contributed by atoms with Crippen molar-refractivity contribution in [2.75, 3.05) is 0 Å². The number of ether oxygens (including phenoxy) is 2. The molecule has 20 heavy (non-hydrogen) atoms. The first-order valence-corrected chi connectivity index (χ1v) is 8.72. The van der Waals surface area contributed by atoms with Crippen molar-refractivity contribution in [3.63, 3.8) is 0 Å². The normalized spacial score (nSPS) is 34.5. The van der Waals surface area contributed by atoms with Crippen LogP contribution in [0.5, 0.6) is 0 Å². The predicted molar refractivity (Wildman–Crippen MR) is 81.5 cm³/mol. The van der Waals surface area contributed by atoms with Crippen molar-refractivity contribution in [2.45, 2.75) is 89.6 Å². The second-order valence-electron chi connectivity index (χ2n) is 7.18. The van der Waals surface area contributed by atoms with Crippen LogP contribution in [0.1, 0.15) is 71.1 Å². The fraction of sp³-hybridized carbons (Fsp3) is 0.889. The topological polar surface area (TPSA) is 18.5 Å². The van der Waals surface area contributed by atoms with E-state index in [2.05, 4.69) is 6.58 Å². The lowest BCUT2D eigenvalue weighted by atomic mass is 9.77. The lowest BCUT2D eigenvalue weighted by Crippen LogP contribution is -2.38. The fourth-order valence-corrected chi connectivity index (χ4v) is 4.39. The summed E-state index contributed by atoms with van der Waals surface area (Å²) in [7, 11) is 0. The van der Waals surface area contributed by atoms with Crippen LogP contribution in [-0.4, -0.2) is 18.5 Å². The molecule has 0 bridgehead atoms. The van der Waals surface area contributed by atoms with Crippen LogP contribution in [0.3, 0.4) is 0 Å². The van der Waals surface area contributed by atoms with Crippen LogP contribution in [-0.2, 0) is 9.47 Å². The Labute approximate surface area is 123 Å². The maximum Gasteiger partial charge on any atom is 0.180 e. The van der Waals surface area contributed by atoms with E-state index in [4.69, 9.17) is 9.47 Å². The van der Waals surface area contributed by atoms with Crippen LogP contribution in [0, 0.1) is 11.8 Å². The molecule has 0 aromatic carbocycles. The molecule has 0 radical (unpaired) electrons. The quantitative estimate of drug-likeness (QED) is 0.688. The highest BCUT2D eigenvalue weighted by Gasteiger charge is 2.44. The molecule has 0 aromatic rings. The van der Waals surface area contributed by atoms with Crippen molar-refractivity contribution in [1.29, 1.82) is 0 Å². The van der Waals surface area contributed by atoms with Gasteiger partial charge in [-0.1, -0.05) is 45.1 Å². The lowest BCUT2D eigenvalue weighted by Gasteiger charge is -2.34.